The van der Waals surface area contributed by atoms with E-state index in [2.05, 4.69) is 34.5 Å². The van der Waals surface area contributed by atoms with Gasteiger partial charge in [-0.25, -0.2) is 4.98 Å². The largest absolute Gasteiger partial charge is 0.486 e. The lowest BCUT2D eigenvalue weighted by atomic mass is 9.92. The third-order valence-corrected chi connectivity index (χ3v) is 5.50. The van der Waals surface area contributed by atoms with Crippen LogP contribution in [0.4, 0.5) is 0 Å². The first kappa shape index (κ1) is 17.8. The molecular weight excluding hydrogens is 338 g/mol. The molecule has 1 aliphatic rings. The van der Waals surface area contributed by atoms with Crippen LogP contribution in [0.2, 0.25) is 0 Å². The molecule has 2 unspecified atom stereocenters. The Bertz CT molecular complexity index is 896. The fourth-order valence-electron chi connectivity index (χ4n) is 3.81. The molecule has 6 nitrogen and oxygen atoms in total. The van der Waals surface area contributed by atoms with Gasteiger partial charge in [0.15, 0.2) is 0 Å². The molecule has 0 bridgehead atoms. The summed E-state index contributed by atoms with van der Waals surface area (Å²) in [6, 6.07) is 8.98. The number of ether oxygens (including phenoxy) is 1. The van der Waals surface area contributed by atoms with Gasteiger partial charge in [0.25, 0.3) is 0 Å². The van der Waals surface area contributed by atoms with Crippen LogP contribution < -0.4 is 10.1 Å². The second-order valence-electron chi connectivity index (χ2n) is 7.32. The number of aryl methyl sites for hydroxylation is 2. The van der Waals surface area contributed by atoms with Crippen LogP contribution in [0.25, 0.3) is 0 Å². The van der Waals surface area contributed by atoms with E-state index < -0.39 is 0 Å². The van der Waals surface area contributed by atoms with E-state index in [0.29, 0.717) is 12.6 Å². The molecule has 1 aliphatic carbocycles. The Morgan fingerprint density at radius 2 is 2.07 bits per heavy atom. The maximum absolute atomic E-state index is 5.85. The maximum Gasteiger partial charge on any atom is 0.146 e. The van der Waals surface area contributed by atoms with Gasteiger partial charge in [-0.15, -0.1) is 0 Å². The normalized spacial score (nSPS) is 17.5. The number of nitrogens with zero attached hydrogens (tertiary/aromatic N) is 4. The summed E-state index contributed by atoms with van der Waals surface area (Å²) in [5.41, 5.74) is 3.98. The quantitative estimate of drug-likeness (QED) is 0.727. The lowest BCUT2D eigenvalue weighted by molar-refractivity contribution is 0.291. The van der Waals surface area contributed by atoms with E-state index >= 15 is 0 Å². The Labute approximate surface area is 160 Å². The average molecular weight is 365 g/mol. The van der Waals surface area contributed by atoms with Gasteiger partial charge >= 0.3 is 0 Å². The van der Waals surface area contributed by atoms with Crippen molar-refractivity contribution in [2.45, 2.75) is 44.9 Å². The fourth-order valence-corrected chi connectivity index (χ4v) is 3.81. The third kappa shape index (κ3) is 3.76. The van der Waals surface area contributed by atoms with Gasteiger partial charge in [0.1, 0.15) is 18.2 Å². The Morgan fingerprint density at radius 3 is 2.81 bits per heavy atom. The van der Waals surface area contributed by atoms with Crippen LogP contribution in [0.1, 0.15) is 54.5 Å². The smallest absolute Gasteiger partial charge is 0.146 e. The summed E-state index contributed by atoms with van der Waals surface area (Å²) in [7, 11) is 4.01. The molecule has 142 valence electrons. The van der Waals surface area contributed by atoms with Crippen LogP contribution in [0.5, 0.6) is 5.75 Å². The highest BCUT2D eigenvalue weighted by atomic mass is 16.5. The molecule has 0 radical (unpaired) electrons. The van der Waals surface area contributed by atoms with Gasteiger partial charge in [-0.1, -0.05) is 12.1 Å². The first-order valence-corrected chi connectivity index (χ1v) is 9.57. The second-order valence-corrected chi connectivity index (χ2v) is 7.32. The van der Waals surface area contributed by atoms with Gasteiger partial charge in [0.05, 0.1) is 6.20 Å². The summed E-state index contributed by atoms with van der Waals surface area (Å²) < 4.78 is 9.84. The van der Waals surface area contributed by atoms with Gasteiger partial charge < -0.3 is 14.6 Å². The molecule has 4 rings (SSSR count). The first-order chi connectivity index (χ1) is 13.1. The van der Waals surface area contributed by atoms with Gasteiger partial charge in [0, 0.05) is 49.8 Å². The zero-order valence-corrected chi connectivity index (χ0v) is 16.2. The monoisotopic (exact) mass is 365 g/mol. The van der Waals surface area contributed by atoms with Crippen molar-refractivity contribution in [3.8, 4) is 5.75 Å². The summed E-state index contributed by atoms with van der Waals surface area (Å²) in [5, 5.41) is 8.22. The van der Waals surface area contributed by atoms with Crippen molar-refractivity contribution in [1.82, 2.24) is 24.6 Å². The number of nitrogens with one attached hydrogen (secondary N) is 1. The van der Waals surface area contributed by atoms with Gasteiger partial charge in [0.2, 0.25) is 0 Å². The molecule has 0 amide bonds. The topological polar surface area (TPSA) is 56.9 Å². The molecule has 0 spiro atoms. The third-order valence-electron chi connectivity index (χ3n) is 5.50. The highest BCUT2D eigenvalue weighted by molar-refractivity contribution is 5.30. The van der Waals surface area contributed by atoms with E-state index in [1.54, 1.807) is 6.20 Å². The minimum absolute atomic E-state index is 0.268. The van der Waals surface area contributed by atoms with Crippen molar-refractivity contribution in [3.05, 3.63) is 65.5 Å². The first-order valence-electron chi connectivity index (χ1n) is 9.57. The predicted octanol–water partition coefficient (Wildman–Crippen LogP) is 3.46. The Morgan fingerprint density at radius 1 is 1.26 bits per heavy atom. The van der Waals surface area contributed by atoms with Crippen LogP contribution in [-0.2, 0) is 27.1 Å². The van der Waals surface area contributed by atoms with Gasteiger partial charge in [-0.05, 0) is 43.9 Å². The van der Waals surface area contributed by atoms with E-state index in [9.17, 15) is 0 Å². The van der Waals surface area contributed by atoms with Crippen molar-refractivity contribution < 1.29 is 4.74 Å². The average Bonchev–Trinajstić information content (AvgIpc) is 3.27. The lowest BCUT2D eigenvalue weighted by Crippen LogP contribution is -2.27. The molecule has 0 saturated heterocycles. The Kier molecular flexibility index (Phi) is 4.99. The maximum atomic E-state index is 5.85. The second kappa shape index (κ2) is 7.56. The zero-order valence-electron chi connectivity index (χ0n) is 16.2. The summed E-state index contributed by atoms with van der Waals surface area (Å²) >= 11 is 0. The number of fused-ring (bicyclic) bond motifs is 1. The Hall–Kier alpha value is -2.60. The molecule has 27 heavy (non-hydrogen) atoms. The van der Waals surface area contributed by atoms with E-state index in [0.717, 1.165) is 24.4 Å². The van der Waals surface area contributed by atoms with Crippen LogP contribution in [0.15, 0.2) is 42.9 Å². The molecule has 0 aliphatic heterocycles. The van der Waals surface area contributed by atoms with Gasteiger partial charge in [-0.2, -0.15) is 5.10 Å². The molecule has 2 aromatic heterocycles. The lowest BCUT2D eigenvalue weighted by Gasteiger charge is -2.27. The van der Waals surface area contributed by atoms with Crippen LogP contribution >= 0.6 is 0 Å². The minimum atomic E-state index is 0.268. The number of hydrogen-bond donors (Lipinski definition) is 1. The Balaban J connectivity index is 1.38. The molecular formula is C21H27N5O. The van der Waals surface area contributed by atoms with Gasteiger partial charge in [-0.3, -0.25) is 4.68 Å². The molecule has 0 saturated carbocycles. The highest BCUT2D eigenvalue weighted by Gasteiger charge is 2.24. The van der Waals surface area contributed by atoms with Crippen molar-refractivity contribution in [1.29, 1.82) is 0 Å². The number of hydrogen-bond acceptors (Lipinski definition) is 4. The van der Waals surface area contributed by atoms with Crippen molar-refractivity contribution in [2.75, 3.05) is 0 Å². The zero-order chi connectivity index (χ0) is 18.8. The molecule has 1 aromatic carbocycles. The highest BCUT2D eigenvalue weighted by Crippen LogP contribution is 2.31. The molecule has 3 aromatic rings. The summed E-state index contributed by atoms with van der Waals surface area (Å²) in [6.45, 7) is 2.69. The molecule has 0 fully saturated rings. The SMILES string of the molecule is CC(NC1CCCc2c1cnn2C)c1ccc(OCc2nccn2C)cc1. The molecule has 6 heteroatoms. The molecule has 2 heterocycles. The van der Waals surface area contributed by atoms with E-state index in [4.69, 9.17) is 4.74 Å². The summed E-state index contributed by atoms with van der Waals surface area (Å²) in [5.74, 6) is 1.78. The van der Waals surface area contributed by atoms with E-state index in [1.165, 1.54) is 23.2 Å². The standard InChI is InChI=1S/C21H27N5O/c1-15(24-19-5-4-6-20-18(19)13-23-26(20)3)16-7-9-17(10-8-16)27-14-21-22-11-12-25(21)2/h7-13,15,19,24H,4-6,14H2,1-3H3. The number of benzene rings is 1. The van der Waals surface area contributed by atoms with Crippen LogP contribution in [0.3, 0.4) is 0 Å². The number of rotatable bonds is 6. The fraction of sp³-hybridized carbons (Fsp3) is 0.429. The summed E-state index contributed by atoms with van der Waals surface area (Å²) in [4.78, 5) is 4.28. The van der Waals surface area contributed by atoms with Crippen LogP contribution in [0, 0.1) is 0 Å². The summed E-state index contributed by atoms with van der Waals surface area (Å²) in [6.07, 6.45) is 9.22. The van der Waals surface area contributed by atoms with E-state index in [-0.39, 0.29) is 6.04 Å². The molecule has 2 atom stereocenters. The minimum Gasteiger partial charge on any atom is -0.486 e. The van der Waals surface area contributed by atoms with Crippen molar-refractivity contribution in [2.24, 2.45) is 14.1 Å². The number of aromatic nitrogens is 4. The molecule has 1 N–H and O–H groups in total. The van der Waals surface area contributed by atoms with Crippen LogP contribution in [-0.4, -0.2) is 19.3 Å². The predicted molar refractivity (Wildman–Crippen MR) is 104 cm³/mol. The number of imidazole rings is 1. The van der Waals surface area contributed by atoms with E-state index in [1.807, 2.05) is 47.9 Å². The van der Waals surface area contributed by atoms with Crippen molar-refractivity contribution >= 4 is 0 Å². The van der Waals surface area contributed by atoms with Crippen molar-refractivity contribution in [3.63, 3.8) is 0 Å².